The summed E-state index contributed by atoms with van der Waals surface area (Å²) in [5.41, 5.74) is 2.35. The normalized spacial score (nSPS) is 16.8. The summed E-state index contributed by atoms with van der Waals surface area (Å²) in [5.74, 6) is -0.160. The smallest absolute Gasteiger partial charge is 0.236 e. The molecule has 0 radical (unpaired) electrons. The van der Waals surface area contributed by atoms with Crippen LogP contribution in [-0.2, 0) is 4.79 Å². The van der Waals surface area contributed by atoms with Crippen LogP contribution < -0.4 is 5.43 Å². The molecule has 0 aromatic heterocycles. The van der Waals surface area contributed by atoms with Crippen molar-refractivity contribution >= 4 is 39.8 Å². The van der Waals surface area contributed by atoms with Crippen molar-refractivity contribution in [3.05, 3.63) is 20.9 Å². The standard InChI is InChI=1S/C8H9BrN2OS/c1-6(12)11-10-5-7-3-2-4-8(9)13-7/h3-5H,2H2,1H3,(H,11,12)/b10-5-. The van der Waals surface area contributed by atoms with Crippen LogP contribution in [0, 0.1) is 0 Å². The number of hydrogen-bond acceptors (Lipinski definition) is 3. The molecule has 0 spiro atoms. The minimum atomic E-state index is -0.160. The Hall–Kier alpha value is -0.550. The van der Waals surface area contributed by atoms with E-state index in [9.17, 15) is 4.79 Å². The number of thioether (sulfide) groups is 1. The maximum absolute atomic E-state index is 10.5. The molecule has 70 valence electrons. The van der Waals surface area contributed by atoms with Crippen LogP contribution in [0.2, 0.25) is 0 Å². The maximum atomic E-state index is 10.5. The second-order valence-corrected chi connectivity index (χ2v) is 4.87. The van der Waals surface area contributed by atoms with Crippen molar-refractivity contribution < 1.29 is 4.79 Å². The molecule has 0 bridgehead atoms. The van der Waals surface area contributed by atoms with Crippen LogP contribution >= 0.6 is 27.7 Å². The Morgan fingerprint density at radius 2 is 2.54 bits per heavy atom. The number of nitrogens with one attached hydrogen (secondary N) is 1. The van der Waals surface area contributed by atoms with Gasteiger partial charge >= 0.3 is 0 Å². The lowest BCUT2D eigenvalue weighted by molar-refractivity contribution is -0.118. The fraction of sp³-hybridized carbons (Fsp3) is 0.250. The van der Waals surface area contributed by atoms with E-state index < -0.39 is 0 Å². The van der Waals surface area contributed by atoms with Crippen LogP contribution in [0.15, 0.2) is 26.0 Å². The van der Waals surface area contributed by atoms with Gasteiger partial charge in [0.25, 0.3) is 0 Å². The van der Waals surface area contributed by atoms with Gasteiger partial charge in [0.05, 0.1) is 10.0 Å². The summed E-state index contributed by atoms with van der Waals surface area (Å²) >= 11 is 4.96. The first kappa shape index (κ1) is 10.5. The number of carbonyl (C=O) groups is 1. The molecule has 0 aromatic carbocycles. The van der Waals surface area contributed by atoms with E-state index in [1.165, 1.54) is 6.92 Å². The van der Waals surface area contributed by atoms with Gasteiger partial charge in [0.15, 0.2) is 0 Å². The van der Waals surface area contributed by atoms with E-state index in [1.54, 1.807) is 18.0 Å². The zero-order chi connectivity index (χ0) is 9.68. The van der Waals surface area contributed by atoms with Gasteiger partial charge in [-0.25, -0.2) is 5.43 Å². The van der Waals surface area contributed by atoms with Gasteiger partial charge in [0, 0.05) is 11.8 Å². The van der Waals surface area contributed by atoms with Gasteiger partial charge in [-0.15, -0.1) is 0 Å². The number of hydrogen-bond donors (Lipinski definition) is 1. The van der Waals surface area contributed by atoms with Crippen LogP contribution in [0.3, 0.4) is 0 Å². The fourth-order valence-electron chi connectivity index (χ4n) is 0.730. The molecule has 1 N–H and O–H groups in total. The van der Waals surface area contributed by atoms with Crippen molar-refractivity contribution in [1.29, 1.82) is 0 Å². The molecule has 1 aliphatic rings. The fourth-order valence-corrected chi connectivity index (χ4v) is 2.17. The average molecular weight is 261 g/mol. The molecule has 0 saturated heterocycles. The largest absolute Gasteiger partial charge is 0.274 e. The highest BCUT2D eigenvalue weighted by Gasteiger charge is 2.02. The van der Waals surface area contributed by atoms with Crippen molar-refractivity contribution in [1.82, 2.24) is 5.43 Å². The Morgan fingerprint density at radius 1 is 1.77 bits per heavy atom. The molecule has 0 aliphatic carbocycles. The molecular weight excluding hydrogens is 252 g/mol. The monoisotopic (exact) mass is 260 g/mol. The average Bonchev–Trinajstić information content (AvgIpc) is 2.03. The zero-order valence-corrected chi connectivity index (χ0v) is 9.48. The number of halogens is 1. The predicted octanol–water partition coefficient (Wildman–Crippen LogP) is 2.37. The summed E-state index contributed by atoms with van der Waals surface area (Å²) in [7, 11) is 0. The minimum Gasteiger partial charge on any atom is -0.274 e. The molecule has 1 rings (SSSR count). The molecule has 1 aliphatic heterocycles. The lowest BCUT2D eigenvalue weighted by Crippen LogP contribution is -2.12. The van der Waals surface area contributed by atoms with E-state index in [4.69, 9.17) is 0 Å². The highest BCUT2D eigenvalue weighted by Crippen LogP contribution is 2.32. The van der Waals surface area contributed by atoms with Crippen LogP contribution in [0.5, 0.6) is 0 Å². The summed E-state index contributed by atoms with van der Waals surface area (Å²) in [4.78, 5) is 11.5. The number of allylic oxidation sites excluding steroid dienone is 3. The van der Waals surface area contributed by atoms with Crippen molar-refractivity contribution in [3.63, 3.8) is 0 Å². The first-order valence-corrected chi connectivity index (χ1v) is 5.33. The Labute approximate surface area is 89.5 Å². The number of nitrogens with zero attached hydrogens (tertiary/aromatic N) is 1. The van der Waals surface area contributed by atoms with E-state index >= 15 is 0 Å². The highest BCUT2D eigenvalue weighted by atomic mass is 79.9. The molecule has 5 heteroatoms. The second kappa shape index (κ2) is 5.24. The Kier molecular flexibility index (Phi) is 4.24. The molecule has 0 atom stereocenters. The van der Waals surface area contributed by atoms with Crippen molar-refractivity contribution in [2.24, 2.45) is 5.10 Å². The van der Waals surface area contributed by atoms with E-state index in [0.29, 0.717) is 0 Å². The minimum absolute atomic E-state index is 0.160. The topological polar surface area (TPSA) is 41.5 Å². The third kappa shape index (κ3) is 4.28. The van der Waals surface area contributed by atoms with E-state index in [0.717, 1.165) is 15.1 Å². The summed E-state index contributed by atoms with van der Waals surface area (Å²) in [6.07, 6.45) is 6.65. The lowest BCUT2D eigenvalue weighted by atomic mass is 10.4. The second-order valence-electron chi connectivity index (χ2n) is 2.38. The number of carbonyl (C=O) groups excluding carboxylic acids is 1. The van der Waals surface area contributed by atoms with Crippen LogP contribution in [0.1, 0.15) is 13.3 Å². The third-order valence-electron chi connectivity index (χ3n) is 1.23. The molecule has 0 aromatic rings. The summed E-state index contributed by atoms with van der Waals surface area (Å²) in [5, 5.41) is 3.77. The van der Waals surface area contributed by atoms with E-state index in [-0.39, 0.29) is 5.91 Å². The summed E-state index contributed by atoms with van der Waals surface area (Å²) < 4.78 is 1.08. The quantitative estimate of drug-likeness (QED) is 0.612. The Bertz CT molecular complexity index is 297. The number of rotatable bonds is 2. The van der Waals surface area contributed by atoms with E-state index in [2.05, 4.69) is 32.5 Å². The van der Waals surface area contributed by atoms with Gasteiger partial charge in [-0.2, -0.15) is 5.10 Å². The van der Waals surface area contributed by atoms with Crippen LogP contribution in [-0.4, -0.2) is 12.1 Å². The SMILES string of the molecule is CC(=O)N/N=C\C1=CCC=C(Br)S1. The summed E-state index contributed by atoms with van der Waals surface area (Å²) in [6.45, 7) is 1.43. The van der Waals surface area contributed by atoms with Crippen molar-refractivity contribution in [2.75, 3.05) is 0 Å². The molecule has 1 heterocycles. The van der Waals surface area contributed by atoms with Gasteiger partial charge in [-0.1, -0.05) is 23.9 Å². The first-order valence-electron chi connectivity index (χ1n) is 3.72. The van der Waals surface area contributed by atoms with Crippen molar-refractivity contribution in [2.45, 2.75) is 13.3 Å². The highest BCUT2D eigenvalue weighted by molar-refractivity contribution is 9.14. The molecule has 13 heavy (non-hydrogen) atoms. The molecule has 0 saturated carbocycles. The Morgan fingerprint density at radius 3 is 3.15 bits per heavy atom. The van der Waals surface area contributed by atoms with Crippen molar-refractivity contribution in [3.8, 4) is 0 Å². The number of hydrazone groups is 1. The summed E-state index contributed by atoms with van der Waals surface area (Å²) in [6, 6.07) is 0. The molecule has 3 nitrogen and oxygen atoms in total. The number of amides is 1. The van der Waals surface area contributed by atoms with Crippen LogP contribution in [0.4, 0.5) is 0 Å². The van der Waals surface area contributed by atoms with Gasteiger partial charge in [-0.3, -0.25) is 4.79 Å². The Balaban J connectivity index is 2.42. The lowest BCUT2D eigenvalue weighted by Gasteiger charge is -2.04. The first-order chi connectivity index (χ1) is 6.18. The van der Waals surface area contributed by atoms with Gasteiger partial charge in [0.2, 0.25) is 5.91 Å². The molecule has 1 amide bonds. The van der Waals surface area contributed by atoms with Gasteiger partial charge in [-0.05, 0) is 22.4 Å². The zero-order valence-electron chi connectivity index (χ0n) is 7.08. The van der Waals surface area contributed by atoms with Gasteiger partial charge in [0.1, 0.15) is 0 Å². The molecular formula is C8H9BrN2OS. The van der Waals surface area contributed by atoms with Gasteiger partial charge < -0.3 is 0 Å². The molecule has 0 fully saturated rings. The van der Waals surface area contributed by atoms with E-state index in [1.807, 2.05) is 6.08 Å². The molecule has 0 unspecified atom stereocenters. The van der Waals surface area contributed by atoms with Crippen LogP contribution in [0.25, 0.3) is 0 Å². The third-order valence-corrected chi connectivity index (χ3v) is 2.91. The maximum Gasteiger partial charge on any atom is 0.236 e. The predicted molar refractivity (Wildman–Crippen MR) is 59.6 cm³/mol.